The summed E-state index contributed by atoms with van der Waals surface area (Å²) in [6.45, 7) is 0. The molecule has 1 amide bonds. The Kier molecular flexibility index (Phi) is 2.53. The number of rotatable bonds is 2. The van der Waals surface area contributed by atoms with Crippen LogP contribution in [0.3, 0.4) is 0 Å². The zero-order chi connectivity index (χ0) is 14.2. The quantitative estimate of drug-likeness (QED) is 0.775. The van der Waals surface area contributed by atoms with E-state index in [9.17, 15) is 4.79 Å². The smallest absolute Gasteiger partial charge is 0.228 e. The van der Waals surface area contributed by atoms with Gasteiger partial charge in [-0.05, 0) is 23.3 Å². The highest BCUT2D eigenvalue weighted by atomic mass is 16.1. The SMILES string of the molecule is O=C1Cc2cc(-c3cnn(-c4cnccn4)c3)ccc2N1. The number of nitrogens with zero attached hydrogens (tertiary/aromatic N) is 4. The molecule has 21 heavy (non-hydrogen) atoms. The van der Waals surface area contributed by atoms with E-state index in [1.807, 2.05) is 24.4 Å². The second-order valence-electron chi connectivity index (χ2n) is 4.83. The molecule has 0 spiro atoms. The molecule has 1 aliphatic heterocycles. The number of benzene rings is 1. The maximum atomic E-state index is 11.4. The molecular formula is C15H11N5O. The van der Waals surface area contributed by atoms with Crippen LogP contribution in [0.2, 0.25) is 0 Å². The van der Waals surface area contributed by atoms with E-state index in [1.54, 1.807) is 29.5 Å². The van der Waals surface area contributed by atoms with E-state index in [2.05, 4.69) is 20.4 Å². The average Bonchev–Trinajstić information content (AvgIpc) is 3.12. The largest absolute Gasteiger partial charge is 0.326 e. The molecule has 0 saturated heterocycles. The Morgan fingerprint density at radius 3 is 2.95 bits per heavy atom. The molecule has 6 heteroatoms. The van der Waals surface area contributed by atoms with E-state index in [4.69, 9.17) is 0 Å². The van der Waals surface area contributed by atoms with Gasteiger partial charge in [-0.25, -0.2) is 9.67 Å². The van der Waals surface area contributed by atoms with Gasteiger partial charge in [0.25, 0.3) is 0 Å². The van der Waals surface area contributed by atoms with Crippen LogP contribution in [0.25, 0.3) is 16.9 Å². The van der Waals surface area contributed by atoms with Gasteiger partial charge in [-0.15, -0.1) is 0 Å². The number of carbonyl (C=O) groups is 1. The summed E-state index contributed by atoms with van der Waals surface area (Å²) in [7, 11) is 0. The maximum Gasteiger partial charge on any atom is 0.228 e. The van der Waals surface area contributed by atoms with Crippen molar-refractivity contribution in [3.05, 3.63) is 54.7 Å². The molecule has 3 aromatic rings. The van der Waals surface area contributed by atoms with Gasteiger partial charge in [0, 0.05) is 29.8 Å². The summed E-state index contributed by atoms with van der Waals surface area (Å²) in [4.78, 5) is 19.6. The van der Waals surface area contributed by atoms with Crippen molar-refractivity contribution < 1.29 is 4.79 Å². The van der Waals surface area contributed by atoms with Crippen LogP contribution in [0.4, 0.5) is 5.69 Å². The first-order valence-electron chi connectivity index (χ1n) is 6.54. The zero-order valence-electron chi connectivity index (χ0n) is 11.0. The van der Waals surface area contributed by atoms with Crippen molar-refractivity contribution in [3.8, 4) is 16.9 Å². The molecule has 0 atom stereocenters. The molecule has 0 aliphatic carbocycles. The van der Waals surface area contributed by atoms with Crippen LogP contribution in [0.5, 0.6) is 0 Å². The minimum atomic E-state index is 0.0393. The predicted molar refractivity (Wildman–Crippen MR) is 76.9 cm³/mol. The first-order chi connectivity index (χ1) is 10.3. The Balaban J connectivity index is 1.71. The van der Waals surface area contributed by atoms with Crippen molar-refractivity contribution >= 4 is 11.6 Å². The Bertz CT molecular complexity index is 825. The van der Waals surface area contributed by atoms with Crippen molar-refractivity contribution in [2.75, 3.05) is 5.32 Å². The molecule has 1 aliphatic rings. The van der Waals surface area contributed by atoms with E-state index in [0.29, 0.717) is 12.2 Å². The van der Waals surface area contributed by atoms with Crippen molar-refractivity contribution in [2.45, 2.75) is 6.42 Å². The number of nitrogens with one attached hydrogen (secondary N) is 1. The Morgan fingerprint density at radius 1 is 1.14 bits per heavy atom. The molecule has 1 N–H and O–H groups in total. The fourth-order valence-electron chi connectivity index (χ4n) is 2.42. The van der Waals surface area contributed by atoms with E-state index < -0.39 is 0 Å². The van der Waals surface area contributed by atoms with Crippen LogP contribution in [0.1, 0.15) is 5.56 Å². The Hall–Kier alpha value is -3.02. The third-order valence-electron chi connectivity index (χ3n) is 3.43. The van der Waals surface area contributed by atoms with Crippen molar-refractivity contribution in [1.29, 1.82) is 0 Å². The summed E-state index contributed by atoms with van der Waals surface area (Å²) in [5.41, 5.74) is 3.91. The lowest BCUT2D eigenvalue weighted by Crippen LogP contribution is -2.03. The van der Waals surface area contributed by atoms with Gasteiger partial charge >= 0.3 is 0 Å². The van der Waals surface area contributed by atoms with Crippen LogP contribution in [-0.2, 0) is 11.2 Å². The summed E-state index contributed by atoms with van der Waals surface area (Å²) in [5, 5.41) is 7.13. The first kappa shape index (κ1) is 11.8. The third kappa shape index (κ3) is 2.06. The maximum absolute atomic E-state index is 11.4. The number of hydrogen-bond acceptors (Lipinski definition) is 4. The van der Waals surface area contributed by atoms with Crippen LogP contribution >= 0.6 is 0 Å². The highest BCUT2D eigenvalue weighted by molar-refractivity contribution is 5.99. The standard InChI is InChI=1S/C15H11N5O/c21-15-6-11-5-10(1-2-13(11)19-15)12-7-18-20(9-12)14-8-16-3-4-17-14/h1-5,7-9H,6H2,(H,19,21). The number of hydrogen-bond donors (Lipinski definition) is 1. The minimum absolute atomic E-state index is 0.0393. The molecule has 0 saturated carbocycles. The Labute approximate surface area is 120 Å². The molecule has 4 rings (SSSR count). The molecular weight excluding hydrogens is 266 g/mol. The van der Waals surface area contributed by atoms with Gasteiger partial charge in [0.05, 0.1) is 18.8 Å². The molecule has 0 radical (unpaired) electrons. The van der Waals surface area contributed by atoms with Crippen LogP contribution in [0, 0.1) is 0 Å². The molecule has 2 aromatic heterocycles. The van der Waals surface area contributed by atoms with Crippen molar-refractivity contribution in [2.24, 2.45) is 0 Å². The fraction of sp³-hybridized carbons (Fsp3) is 0.0667. The van der Waals surface area contributed by atoms with Crippen LogP contribution < -0.4 is 5.32 Å². The minimum Gasteiger partial charge on any atom is -0.326 e. The summed E-state index contributed by atoms with van der Waals surface area (Å²) >= 11 is 0. The lowest BCUT2D eigenvalue weighted by Gasteiger charge is -2.02. The third-order valence-corrected chi connectivity index (χ3v) is 3.43. The molecule has 1 aromatic carbocycles. The Morgan fingerprint density at radius 2 is 2.10 bits per heavy atom. The fourth-order valence-corrected chi connectivity index (χ4v) is 2.42. The number of anilines is 1. The van der Waals surface area contributed by atoms with Gasteiger partial charge in [-0.1, -0.05) is 6.07 Å². The number of amides is 1. The molecule has 6 nitrogen and oxygen atoms in total. The van der Waals surface area contributed by atoms with Crippen LogP contribution in [0.15, 0.2) is 49.2 Å². The zero-order valence-corrected chi connectivity index (χ0v) is 11.0. The second-order valence-corrected chi connectivity index (χ2v) is 4.83. The monoisotopic (exact) mass is 277 g/mol. The molecule has 0 bridgehead atoms. The second kappa shape index (κ2) is 4.52. The van der Waals surface area contributed by atoms with Gasteiger partial charge in [0.2, 0.25) is 5.91 Å². The normalized spacial score (nSPS) is 13.0. The van der Waals surface area contributed by atoms with Crippen molar-refractivity contribution in [1.82, 2.24) is 19.7 Å². The average molecular weight is 277 g/mol. The number of aromatic nitrogens is 4. The first-order valence-corrected chi connectivity index (χ1v) is 6.54. The van der Waals surface area contributed by atoms with Gasteiger partial charge in [-0.2, -0.15) is 5.10 Å². The van der Waals surface area contributed by atoms with Gasteiger partial charge in [-0.3, -0.25) is 9.78 Å². The van der Waals surface area contributed by atoms with Gasteiger partial charge in [0.1, 0.15) is 0 Å². The topological polar surface area (TPSA) is 72.7 Å². The summed E-state index contributed by atoms with van der Waals surface area (Å²) in [6, 6.07) is 5.92. The number of fused-ring (bicyclic) bond motifs is 1. The number of carbonyl (C=O) groups excluding carboxylic acids is 1. The van der Waals surface area contributed by atoms with E-state index in [-0.39, 0.29) is 5.91 Å². The van der Waals surface area contributed by atoms with E-state index in [0.717, 1.165) is 22.4 Å². The molecule has 0 fully saturated rings. The van der Waals surface area contributed by atoms with Crippen LogP contribution in [-0.4, -0.2) is 25.7 Å². The summed E-state index contributed by atoms with van der Waals surface area (Å²) in [5.74, 6) is 0.708. The molecule has 0 unspecified atom stereocenters. The van der Waals surface area contributed by atoms with Gasteiger partial charge < -0.3 is 5.32 Å². The lowest BCUT2D eigenvalue weighted by molar-refractivity contribution is -0.115. The predicted octanol–water partition coefficient (Wildman–Crippen LogP) is 1.82. The molecule has 3 heterocycles. The highest BCUT2D eigenvalue weighted by Gasteiger charge is 2.18. The van der Waals surface area contributed by atoms with Gasteiger partial charge in [0.15, 0.2) is 5.82 Å². The highest BCUT2D eigenvalue weighted by Crippen LogP contribution is 2.29. The van der Waals surface area contributed by atoms with Crippen molar-refractivity contribution in [3.63, 3.8) is 0 Å². The lowest BCUT2D eigenvalue weighted by atomic mass is 10.0. The van der Waals surface area contributed by atoms with E-state index >= 15 is 0 Å². The molecule has 102 valence electrons. The van der Waals surface area contributed by atoms with E-state index in [1.165, 1.54) is 0 Å². The summed E-state index contributed by atoms with van der Waals surface area (Å²) in [6.07, 6.45) is 9.02. The summed E-state index contributed by atoms with van der Waals surface area (Å²) < 4.78 is 1.68.